The molecule has 8 rings (SSSR count). The lowest BCUT2D eigenvalue weighted by molar-refractivity contribution is -0.117. The summed E-state index contributed by atoms with van der Waals surface area (Å²) in [5.74, 6) is -0.241. The Balaban J connectivity index is 0.860. The number of imide groups is 1. The van der Waals surface area contributed by atoms with Crippen molar-refractivity contribution in [2.45, 2.75) is 46.1 Å². The first-order valence-electron chi connectivity index (χ1n) is 18.8. The number of nitrogens with one attached hydrogen (secondary N) is 3. The number of pyridine rings is 1. The fourth-order valence-electron chi connectivity index (χ4n) is 7.07. The Hall–Kier alpha value is -6.41. The number of fused-ring (bicyclic) bond motifs is 1. The highest BCUT2D eigenvalue weighted by molar-refractivity contribution is 6.12. The van der Waals surface area contributed by atoms with Crippen molar-refractivity contribution in [3.8, 4) is 22.4 Å². The molecule has 0 radical (unpaired) electrons. The summed E-state index contributed by atoms with van der Waals surface area (Å²) in [5.41, 5.74) is 9.41. The first-order valence-corrected chi connectivity index (χ1v) is 18.8. The molecule has 5 heterocycles. The zero-order chi connectivity index (χ0) is 39.0. The summed E-state index contributed by atoms with van der Waals surface area (Å²) < 4.78 is 5.19. The van der Waals surface area contributed by atoms with Gasteiger partial charge >= 0.3 is 17.8 Å². The van der Waals surface area contributed by atoms with Crippen molar-refractivity contribution in [2.75, 3.05) is 49.1 Å². The molecule has 14 heteroatoms. The van der Waals surface area contributed by atoms with Crippen LogP contribution in [0.1, 0.15) is 54.0 Å². The third-order valence-corrected chi connectivity index (χ3v) is 10.5. The normalized spacial score (nSPS) is 15.1. The summed E-state index contributed by atoms with van der Waals surface area (Å²) in [7, 11) is 0. The van der Waals surface area contributed by atoms with E-state index in [1.807, 2.05) is 70.3 Å². The lowest BCUT2D eigenvalue weighted by atomic mass is 9.96. The Labute approximate surface area is 324 Å². The molecular weight excluding hydrogens is 709 g/mol. The van der Waals surface area contributed by atoms with Crippen molar-refractivity contribution in [1.29, 1.82) is 0 Å². The topological polar surface area (TPSA) is 165 Å². The molecule has 14 nitrogen and oxygen atoms in total. The van der Waals surface area contributed by atoms with Crippen LogP contribution in [0.15, 0.2) is 83.5 Å². The van der Waals surface area contributed by atoms with Gasteiger partial charge in [0.05, 0.1) is 5.69 Å². The first-order chi connectivity index (χ1) is 27.0. The highest BCUT2D eigenvalue weighted by Gasteiger charge is 2.28. The number of carbonyl (C=O) groups excluding carboxylic acids is 3. The van der Waals surface area contributed by atoms with E-state index in [4.69, 9.17) is 4.52 Å². The van der Waals surface area contributed by atoms with Gasteiger partial charge in [0, 0.05) is 78.8 Å². The number of H-pyrrole nitrogens is 1. The van der Waals surface area contributed by atoms with Gasteiger partial charge in [-0.2, -0.15) is 10.1 Å². The summed E-state index contributed by atoms with van der Waals surface area (Å²) in [6.07, 6.45) is 2.78. The average Bonchev–Trinajstić information content (AvgIpc) is 3.95. The second kappa shape index (κ2) is 15.0. The molecule has 4 amide bonds. The summed E-state index contributed by atoms with van der Waals surface area (Å²) in [5, 5.41) is 17.7. The minimum absolute atomic E-state index is 0.0463. The van der Waals surface area contributed by atoms with Crippen molar-refractivity contribution < 1.29 is 18.9 Å². The van der Waals surface area contributed by atoms with Crippen LogP contribution >= 0.6 is 0 Å². The van der Waals surface area contributed by atoms with E-state index in [1.54, 1.807) is 0 Å². The van der Waals surface area contributed by atoms with Crippen molar-refractivity contribution >= 4 is 40.3 Å². The smallest absolute Gasteiger partial charge is 0.329 e. The number of aromatic amines is 1. The molecule has 0 saturated carbocycles. The predicted octanol–water partition coefficient (Wildman–Crippen LogP) is 5.63. The number of nitrogens with zero attached hydrogens (tertiary/aromatic N) is 7. The molecule has 3 N–H and O–H groups in total. The van der Waals surface area contributed by atoms with Crippen molar-refractivity contribution in [3.05, 3.63) is 107 Å². The Morgan fingerprint density at radius 2 is 1.62 bits per heavy atom. The lowest BCUT2D eigenvalue weighted by Gasteiger charge is -2.36. The molecule has 3 aromatic heterocycles. The van der Waals surface area contributed by atoms with Gasteiger partial charge in [0.15, 0.2) is 11.5 Å². The highest BCUT2D eigenvalue weighted by Crippen LogP contribution is 2.31. The molecule has 2 aliphatic heterocycles. The Morgan fingerprint density at radius 1 is 0.893 bits per heavy atom. The van der Waals surface area contributed by atoms with Gasteiger partial charge in [-0.3, -0.25) is 29.8 Å². The van der Waals surface area contributed by atoms with Crippen molar-refractivity contribution in [1.82, 2.24) is 40.9 Å². The van der Waals surface area contributed by atoms with Gasteiger partial charge in [-0.25, -0.2) is 9.78 Å². The second-order valence-corrected chi connectivity index (χ2v) is 15.4. The largest absolute Gasteiger partial charge is 0.369 e. The van der Waals surface area contributed by atoms with Crippen LogP contribution in [0.2, 0.25) is 0 Å². The average molecular weight is 753 g/mol. The number of amides is 4. The molecule has 286 valence electrons. The molecule has 0 atom stereocenters. The maximum absolute atomic E-state index is 12.7. The standard InChI is InChI=1S/C42H44N10O4/c1-26-21-29(7-8-30(26)23-44-38(54)39-46-40(49-56-39)42(2,3)4)36-34-22-31(24-43-37(34)48-47-36)28-9-13-32(14-10-28)51-19-17-50(18-20-51)16-15-27-5-11-33(12-6-27)52-25-35(53)45-41(52)55/h5-14,21-22,24H,15-20,23,25H2,1-4H3,(H,44,54)(H,43,47,48)(H,45,53,55). The van der Waals surface area contributed by atoms with Gasteiger partial charge in [-0.1, -0.05) is 62.3 Å². The van der Waals surface area contributed by atoms with Gasteiger partial charge in [0.2, 0.25) is 5.91 Å². The van der Waals surface area contributed by atoms with E-state index in [-0.39, 0.29) is 29.8 Å². The molecule has 2 saturated heterocycles. The monoisotopic (exact) mass is 752 g/mol. The number of aryl methyl sites for hydroxylation is 1. The van der Waals surface area contributed by atoms with Crippen LogP contribution in [0.5, 0.6) is 0 Å². The molecule has 2 aliphatic rings. The zero-order valence-corrected chi connectivity index (χ0v) is 31.9. The third-order valence-electron chi connectivity index (χ3n) is 10.5. The van der Waals surface area contributed by atoms with Crippen LogP contribution in [0.4, 0.5) is 16.2 Å². The molecule has 56 heavy (non-hydrogen) atoms. The summed E-state index contributed by atoms with van der Waals surface area (Å²) in [4.78, 5) is 51.5. The van der Waals surface area contributed by atoms with E-state index in [1.165, 1.54) is 16.2 Å². The number of hydrogen-bond acceptors (Lipinski definition) is 10. The number of hydrogen-bond donors (Lipinski definition) is 3. The number of rotatable bonds is 10. The minimum atomic E-state index is -0.408. The highest BCUT2D eigenvalue weighted by atomic mass is 16.5. The van der Waals surface area contributed by atoms with E-state index in [9.17, 15) is 14.4 Å². The molecular formula is C42H44N10O4. The second-order valence-electron chi connectivity index (χ2n) is 15.4. The molecule has 0 aliphatic carbocycles. The summed E-state index contributed by atoms with van der Waals surface area (Å²) in [6.45, 7) is 13.1. The number of aromatic nitrogens is 5. The maximum Gasteiger partial charge on any atom is 0.329 e. The fraction of sp³-hybridized carbons (Fsp3) is 0.310. The lowest BCUT2D eigenvalue weighted by Crippen LogP contribution is -2.47. The van der Waals surface area contributed by atoms with E-state index in [2.05, 4.69) is 82.2 Å². The molecule has 0 unspecified atom stereocenters. The first kappa shape index (κ1) is 36.6. The van der Waals surface area contributed by atoms with Crippen LogP contribution in [0, 0.1) is 6.92 Å². The predicted molar refractivity (Wildman–Crippen MR) is 213 cm³/mol. The van der Waals surface area contributed by atoms with Crippen LogP contribution in [0.3, 0.4) is 0 Å². The molecule has 0 bridgehead atoms. The van der Waals surface area contributed by atoms with E-state index >= 15 is 0 Å². The fourth-order valence-corrected chi connectivity index (χ4v) is 7.07. The number of urea groups is 1. The number of anilines is 2. The minimum Gasteiger partial charge on any atom is -0.369 e. The molecule has 6 aromatic rings. The van der Waals surface area contributed by atoms with Crippen LogP contribution < -0.4 is 20.4 Å². The SMILES string of the molecule is Cc1cc(-c2[nH]nc3ncc(-c4ccc(N5CCN(CCc6ccc(N7CC(=O)NC7=O)cc6)CC5)cc4)cc23)ccc1CNC(=O)c1nc(C(C)(C)C)no1. The van der Waals surface area contributed by atoms with Gasteiger partial charge in [-0.05, 0) is 72.0 Å². The van der Waals surface area contributed by atoms with Gasteiger partial charge in [0.1, 0.15) is 6.54 Å². The quantitative estimate of drug-likeness (QED) is 0.149. The van der Waals surface area contributed by atoms with Crippen molar-refractivity contribution in [3.63, 3.8) is 0 Å². The maximum atomic E-state index is 12.7. The van der Waals surface area contributed by atoms with Gasteiger partial charge in [-0.15, -0.1) is 0 Å². The Morgan fingerprint density at radius 3 is 2.30 bits per heavy atom. The summed E-state index contributed by atoms with van der Waals surface area (Å²) >= 11 is 0. The molecule has 2 fully saturated rings. The van der Waals surface area contributed by atoms with Gasteiger partial charge in [0.25, 0.3) is 0 Å². The van der Waals surface area contributed by atoms with Crippen molar-refractivity contribution in [2.24, 2.45) is 0 Å². The van der Waals surface area contributed by atoms with Crippen LogP contribution in [-0.2, 0) is 23.2 Å². The number of carbonyl (C=O) groups is 3. The van der Waals surface area contributed by atoms with Crippen LogP contribution in [0.25, 0.3) is 33.4 Å². The third kappa shape index (κ3) is 7.73. The summed E-state index contributed by atoms with van der Waals surface area (Å²) in [6, 6.07) is 24.4. The zero-order valence-electron chi connectivity index (χ0n) is 31.9. The molecule has 3 aromatic carbocycles. The number of benzene rings is 3. The Kier molecular flexibility index (Phi) is 9.81. The van der Waals surface area contributed by atoms with E-state index in [0.29, 0.717) is 18.0 Å². The van der Waals surface area contributed by atoms with Crippen LogP contribution in [-0.4, -0.2) is 87.3 Å². The number of piperazine rings is 1. The van der Waals surface area contributed by atoms with Gasteiger partial charge < -0.3 is 14.7 Å². The van der Waals surface area contributed by atoms with E-state index in [0.717, 1.165) is 83.7 Å². The van der Waals surface area contributed by atoms with E-state index < -0.39 is 5.91 Å². The Bertz CT molecular complexity index is 2410. The molecule has 0 spiro atoms.